The Morgan fingerprint density at radius 3 is 2.87 bits per heavy atom. The van der Waals surface area contributed by atoms with Crippen LogP contribution in [0.15, 0.2) is 30.6 Å². The normalized spacial score (nSPS) is 19.7. The number of nitrogens with one attached hydrogen (secondary N) is 1. The van der Waals surface area contributed by atoms with E-state index in [0.29, 0.717) is 11.6 Å². The maximum absolute atomic E-state index is 12.9. The molecule has 1 saturated carbocycles. The topological polar surface area (TPSA) is 67.8 Å². The van der Waals surface area contributed by atoms with Crippen molar-refractivity contribution in [2.75, 3.05) is 5.32 Å². The number of fused-ring (bicyclic) bond motifs is 1. The Bertz CT molecular complexity index is 910. The minimum atomic E-state index is -1.00. The van der Waals surface area contributed by atoms with Crippen LogP contribution >= 0.6 is 11.3 Å². The molecule has 116 valence electrons. The standard InChI is InChI=1S/C16H13FN4OS/c1-8-6-18-19-7-11(8)9-2-3-13-14(4-9)23-16(20-13)21-15(22)10-5-12(10)17/h2-4,6-7,10,12H,5H2,1H3,(H,20,21,22). The number of carbonyl (C=O) groups is 1. The summed E-state index contributed by atoms with van der Waals surface area (Å²) >= 11 is 1.39. The molecule has 1 N–H and O–H groups in total. The molecule has 2 heterocycles. The van der Waals surface area contributed by atoms with Crippen LogP contribution in [0.1, 0.15) is 12.0 Å². The first-order chi connectivity index (χ1) is 11.1. The summed E-state index contributed by atoms with van der Waals surface area (Å²) in [4.78, 5) is 16.2. The maximum Gasteiger partial charge on any atom is 0.232 e. The SMILES string of the molecule is Cc1cnncc1-c1ccc2nc(NC(=O)C3CC3F)sc2c1. The number of halogens is 1. The van der Waals surface area contributed by atoms with E-state index in [1.165, 1.54) is 11.3 Å². The van der Waals surface area contributed by atoms with E-state index in [-0.39, 0.29) is 5.91 Å². The zero-order valence-electron chi connectivity index (χ0n) is 12.3. The van der Waals surface area contributed by atoms with Crippen molar-refractivity contribution in [3.63, 3.8) is 0 Å². The van der Waals surface area contributed by atoms with Gasteiger partial charge in [0.15, 0.2) is 5.13 Å². The molecule has 2 atom stereocenters. The molecule has 0 aliphatic heterocycles. The lowest BCUT2D eigenvalue weighted by atomic mass is 10.0. The summed E-state index contributed by atoms with van der Waals surface area (Å²) in [6, 6.07) is 5.89. The third kappa shape index (κ3) is 2.68. The summed E-state index contributed by atoms with van der Waals surface area (Å²) in [7, 11) is 0. The van der Waals surface area contributed by atoms with E-state index in [0.717, 1.165) is 26.9 Å². The molecule has 5 nitrogen and oxygen atoms in total. The van der Waals surface area contributed by atoms with Gasteiger partial charge in [-0.25, -0.2) is 9.37 Å². The van der Waals surface area contributed by atoms with Crippen molar-refractivity contribution in [3.05, 3.63) is 36.2 Å². The molecular weight excluding hydrogens is 315 g/mol. The van der Waals surface area contributed by atoms with Gasteiger partial charge in [0.25, 0.3) is 0 Å². The van der Waals surface area contributed by atoms with Crippen molar-refractivity contribution < 1.29 is 9.18 Å². The molecule has 1 amide bonds. The van der Waals surface area contributed by atoms with E-state index in [4.69, 9.17) is 0 Å². The predicted octanol–water partition coefficient (Wildman–Crippen LogP) is 3.36. The lowest BCUT2D eigenvalue weighted by Gasteiger charge is -2.03. The number of carbonyl (C=O) groups excluding carboxylic acids is 1. The molecule has 7 heteroatoms. The largest absolute Gasteiger partial charge is 0.302 e. The maximum atomic E-state index is 12.9. The van der Waals surface area contributed by atoms with Gasteiger partial charge < -0.3 is 5.32 Å². The molecule has 1 aliphatic carbocycles. The summed E-state index contributed by atoms with van der Waals surface area (Å²) < 4.78 is 13.9. The van der Waals surface area contributed by atoms with E-state index in [2.05, 4.69) is 20.5 Å². The number of thiazole rings is 1. The van der Waals surface area contributed by atoms with Crippen LogP contribution in [0.2, 0.25) is 0 Å². The Labute approximate surface area is 135 Å². The molecular formula is C16H13FN4OS. The van der Waals surface area contributed by atoms with E-state index in [1.807, 2.05) is 25.1 Å². The molecule has 4 rings (SSSR count). The van der Waals surface area contributed by atoms with Crippen LogP contribution < -0.4 is 5.32 Å². The van der Waals surface area contributed by atoms with E-state index in [9.17, 15) is 9.18 Å². The second kappa shape index (κ2) is 5.34. The van der Waals surface area contributed by atoms with E-state index in [1.54, 1.807) is 12.4 Å². The van der Waals surface area contributed by atoms with Crippen LogP contribution in [-0.4, -0.2) is 27.3 Å². The van der Waals surface area contributed by atoms with Gasteiger partial charge in [-0.05, 0) is 36.6 Å². The number of hydrogen-bond donors (Lipinski definition) is 1. The third-order valence-electron chi connectivity index (χ3n) is 3.91. The van der Waals surface area contributed by atoms with Crippen LogP contribution in [-0.2, 0) is 4.79 Å². The zero-order chi connectivity index (χ0) is 16.0. The first-order valence-corrected chi connectivity index (χ1v) is 8.06. The second-order valence-electron chi connectivity index (χ2n) is 5.63. The summed E-state index contributed by atoms with van der Waals surface area (Å²) in [6.45, 7) is 1.98. The third-order valence-corrected chi connectivity index (χ3v) is 4.84. The number of benzene rings is 1. The first-order valence-electron chi connectivity index (χ1n) is 7.25. The van der Waals surface area contributed by atoms with Crippen LogP contribution in [0, 0.1) is 12.8 Å². The lowest BCUT2D eigenvalue weighted by Crippen LogP contribution is -2.14. The molecule has 1 aliphatic rings. The van der Waals surface area contributed by atoms with Crippen molar-refractivity contribution in [1.82, 2.24) is 15.2 Å². The summed E-state index contributed by atoms with van der Waals surface area (Å²) in [5.74, 6) is -0.797. The van der Waals surface area contributed by atoms with Crippen molar-refractivity contribution in [1.29, 1.82) is 0 Å². The van der Waals surface area contributed by atoms with E-state index < -0.39 is 12.1 Å². The fraction of sp³-hybridized carbons (Fsp3) is 0.250. The highest BCUT2D eigenvalue weighted by atomic mass is 32.1. The molecule has 3 aromatic rings. The van der Waals surface area contributed by atoms with Gasteiger partial charge >= 0.3 is 0 Å². The van der Waals surface area contributed by atoms with Gasteiger partial charge in [-0.2, -0.15) is 10.2 Å². The van der Waals surface area contributed by atoms with Crippen LogP contribution in [0.5, 0.6) is 0 Å². The van der Waals surface area contributed by atoms with Gasteiger partial charge in [0.05, 0.1) is 28.5 Å². The zero-order valence-corrected chi connectivity index (χ0v) is 13.1. The number of aromatic nitrogens is 3. The lowest BCUT2D eigenvalue weighted by molar-refractivity contribution is -0.117. The Hall–Kier alpha value is -2.41. The number of alkyl halides is 1. The number of anilines is 1. The minimum absolute atomic E-state index is 0.286. The molecule has 0 saturated heterocycles. The highest BCUT2D eigenvalue weighted by molar-refractivity contribution is 7.22. The fourth-order valence-corrected chi connectivity index (χ4v) is 3.37. The fourth-order valence-electron chi connectivity index (χ4n) is 2.46. The van der Waals surface area contributed by atoms with Gasteiger partial charge in [0.2, 0.25) is 5.91 Å². The number of hydrogen-bond acceptors (Lipinski definition) is 5. The van der Waals surface area contributed by atoms with Gasteiger partial charge in [-0.15, -0.1) is 0 Å². The number of amides is 1. The monoisotopic (exact) mass is 328 g/mol. The van der Waals surface area contributed by atoms with Gasteiger partial charge in [-0.3, -0.25) is 4.79 Å². The predicted molar refractivity (Wildman–Crippen MR) is 87.0 cm³/mol. The summed E-state index contributed by atoms with van der Waals surface area (Å²) in [5.41, 5.74) is 3.89. The number of nitrogens with zero attached hydrogens (tertiary/aromatic N) is 3. The van der Waals surface area contributed by atoms with Gasteiger partial charge in [0, 0.05) is 5.56 Å². The average molecular weight is 328 g/mol. The number of aryl methyl sites for hydroxylation is 1. The summed E-state index contributed by atoms with van der Waals surface area (Å²) in [6.07, 6.45) is 2.77. The molecule has 0 bridgehead atoms. The van der Waals surface area contributed by atoms with E-state index >= 15 is 0 Å². The molecule has 1 fully saturated rings. The van der Waals surface area contributed by atoms with Gasteiger partial charge in [-0.1, -0.05) is 17.4 Å². The van der Waals surface area contributed by atoms with Crippen molar-refractivity contribution in [2.45, 2.75) is 19.5 Å². The molecule has 23 heavy (non-hydrogen) atoms. The smallest absolute Gasteiger partial charge is 0.232 e. The first kappa shape index (κ1) is 14.2. The Morgan fingerprint density at radius 1 is 1.35 bits per heavy atom. The summed E-state index contributed by atoms with van der Waals surface area (Å²) in [5, 5.41) is 11.0. The van der Waals surface area contributed by atoms with Gasteiger partial charge in [0.1, 0.15) is 6.17 Å². The second-order valence-corrected chi connectivity index (χ2v) is 6.67. The Kier molecular flexibility index (Phi) is 3.30. The molecule has 1 aromatic carbocycles. The van der Waals surface area contributed by atoms with Crippen molar-refractivity contribution in [3.8, 4) is 11.1 Å². The Morgan fingerprint density at radius 2 is 2.13 bits per heavy atom. The van der Waals surface area contributed by atoms with Crippen molar-refractivity contribution in [2.24, 2.45) is 5.92 Å². The molecule has 2 unspecified atom stereocenters. The highest BCUT2D eigenvalue weighted by Crippen LogP contribution is 2.36. The minimum Gasteiger partial charge on any atom is -0.302 e. The highest BCUT2D eigenvalue weighted by Gasteiger charge is 2.43. The van der Waals surface area contributed by atoms with Crippen molar-refractivity contribution >= 4 is 32.6 Å². The average Bonchev–Trinajstić information content (AvgIpc) is 3.13. The number of rotatable bonds is 3. The molecule has 0 spiro atoms. The van der Waals surface area contributed by atoms with Crippen LogP contribution in [0.25, 0.3) is 21.3 Å². The van der Waals surface area contributed by atoms with Crippen LogP contribution in [0.4, 0.5) is 9.52 Å². The molecule has 2 aromatic heterocycles. The van der Waals surface area contributed by atoms with Crippen LogP contribution in [0.3, 0.4) is 0 Å². The molecule has 0 radical (unpaired) electrons. The Balaban J connectivity index is 1.64. The quantitative estimate of drug-likeness (QED) is 0.800.